The first-order valence-electron chi connectivity index (χ1n) is 13.2. The topological polar surface area (TPSA) is 113 Å². The van der Waals surface area contributed by atoms with Gasteiger partial charge in [-0.3, -0.25) is 9.48 Å². The number of fused-ring (bicyclic) bond motifs is 2. The molecule has 2 heterocycles. The largest absolute Gasteiger partial charge is 0.481 e. The molecule has 2 aromatic heterocycles. The maximum Gasteiger partial charge on any atom is 0.307 e. The molecular weight excluding hydrogens is 478 g/mol. The fraction of sp³-hybridized carbons (Fsp3) is 0.333. The summed E-state index contributed by atoms with van der Waals surface area (Å²) in [6.07, 6.45) is 6.69. The van der Waals surface area contributed by atoms with Crippen LogP contribution in [-0.4, -0.2) is 25.8 Å². The van der Waals surface area contributed by atoms with Crippen LogP contribution in [0.3, 0.4) is 0 Å². The van der Waals surface area contributed by atoms with Crippen molar-refractivity contribution in [3.05, 3.63) is 77.5 Å². The van der Waals surface area contributed by atoms with Crippen LogP contribution >= 0.6 is 0 Å². The number of anilines is 2. The first kappa shape index (κ1) is 24.0. The minimum atomic E-state index is -0.758. The molecule has 2 aliphatic rings. The third-order valence-electron chi connectivity index (χ3n) is 7.76. The van der Waals surface area contributed by atoms with Crippen LogP contribution < -0.4 is 10.1 Å². The smallest absolute Gasteiger partial charge is 0.307 e. The zero-order valence-corrected chi connectivity index (χ0v) is 21.0. The quantitative estimate of drug-likeness (QED) is 0.325. The Morgan fingerprint density at radius 1 is 1.11 bits per heavy atom. The number of pyridine rings is 1. The molecule has 0 amide bonds. The molecule has 2 aliphatic carbocycles. The predicted octanol–water partition coefficient (Wildman–Crippen LogP) is 5.81. The predicted molar refractivity (Wildman–Crippen MR) is 143 cm³/mol. The number of nitrogens with zero attached hydrogens (tertiary/aromatic N) is 4. The second-order valence-electron chi connectivity index (χ2n) is 10.2. The number of ether oxygens (including phenoxy) is 1. The number of benzene rings is 2. The molecule has 1 saturated carbocycles. The first-order chi connectivity index (χ1) is 18.6. The van der Waals surface area contributed by atoms with Gasteiger partial charge in [0.05, 0.1) is 29.5 Å². The minimum absolute atomic E-state index is 0.0208. The Kier molecular flexibility index (Phi) is 6.42. The molecular formula is C30H29N5O3. The summed E-state index contributed by atoms with van der Waals surface area (Å²) in [7, 11) is 0. The molecule has 4 aromatic rings. The fourth-order valence-electron chi connectivity index (χ4n) is 5.80. The van der Waals surface area contributed by atoms with Crippen LogP contribution in [0, 0.1) is 23.2 Å². The van der Waals surface area contributed by atoms with Crippen molar-refractivity contribution in [3.8, 4) is 11.9 Å². The highest BCUT2D eigenvalue weighted by atomic mass is 16.5. The first-order valence-corrected chi connectivity index (χ1v) is 13.2. The monoisotopic (exact) mass is 507 g/mol. The fourth-order valence-corrected chi connectivity index (χ4v) is 5.80. The van der Waals surface area contributed by atoms with Gasteiger partial charge in [-0.15, -0.1) is 0 Å². The number of nitriles is 1. The molecule has 0 spiro atoms. The van der Waals surface area contributed by atoms with Crippen LogP contribution in [0.1, 0.15) is 48.4 Å². The van der Waals surface area contributed by atoms with E-state index in [2.05, 4.69) is 16.4 Å². The highest BCUT2D eigenvalue weighted by Crippen LogP contribution is 2.40. The van der Waals surface area contributed by atoms with E-state index in [1.54, 1.807) is 6.20 Å². The maximum absolute atomic E-state index is 11.5. The Bertz CT molecular complexity index is 1520. The lowest BCUT2D eigenvalue weighted by Crippen LogP contribution is -2.23. The van der Waals surface area contributed by atoms with Gasteiger partial charge in [0.25, 0.3) is 0 Å². The van der Waals surface area contributed by atoms with Gasteiger partial charge in [-0.25, -0.2) is 4.98 Å². The zero-order chi connectivity index (χ0) is 26.1. The normalized spacial score (nSPS) is 20.6. The lowest BCUT2D eigenvalue weighted by molar-refractivity contribution is -0.141. The molecule has 0 radical (unpaired) electrons. The number of hydrogen-bond acceptors (Lipinski definition) is 6. The summed E-state index contributed by atoms with van der Waals surface area (Å²) in [6.45, 7) is 0.372. The molecule has 1 fully saturated rings. The van der Waals surface area contributed by atoms with Gasteiger partial charge < -0.3 is 15.2 Å². The average molecular weight is 508 g/mol. The molecule has 8 nitrogen and oxygen atoms in total. The standard InChI is InChI=1S/C30H29N5O3/c31-17-21-8-4-5-9-25(21)35-26-12-13-32-29(38-18-19-6-2-1-3-7-19)27(26)28(34-35)33-24-11-10-20-14-23(30(36)37)15-22(20)16-24/h1-3,6-7,10-13,16,21,23,25H,4-5,8-9,14-15,18H2,(H,33,34)(H,36,37). The van der Waals surface area contributed by atoms with Crippen molar-refractivity contribution >= 4 is 28.4 Å². The molecule has 3 atom stereocenters. The molecule has 6 rings (SSSR count). The van der Waals surface area contributed by atoms with Gasteiger partial charge in [0.15, 0.2) is 5.82 Å². The van der Waals surface area contributed by atoms with E-state index in [4.69, 9.17) is 9.84 Å². The number of carboxylic acid groups (broad SMARTS) is 1. The van der Waals surface area contributed by atoms with Gasteiger partial charge in [-0.05, 0) is 60.6 Å². The lowest BCUT2D eigenvalue weighted by atomic mass is 9.85. The van der Waals surface area contributed by atoms with E-state index in [1.807, 2.05) is 59.3 Å². The molecule has 0 saturated heterocycles. The SMILES string of the molecule is N#CC1CCCCC1n1nc(Nc2ccc3c(c2)CC(C(=O)O)C3)c2c(OCc3ccccc3)nccc21. The van der Waals surface area contributed by atoms with E-state index in [0.29, 0.717) is 31.1 Å². The third kappa shape index (κ3) is 4.56. The molecule has 38 heavy (non-hydrogen) atoms. The Hall–Kier alpha value is -4.38. The van der Waals surface area contributed by atoms with Crippen LogP contribution in [0.5, 0.6) is 5.88 Å². The number of carboxylic acids is 1. The van der Waals surface area contributed by atoms with E-state index < -0.39 is 5.97 Å². The summed E-state index contributed by atoms with van der Waals surface area (Å²) < 4.78 is 8.20. The molecule has 0 bridgehead atoms. The highest BCUT2D eigenvalue weighted by Gasteiger charge is 2.31. The van der Waals surface area contributed by atoms with Crippen LogP contribution in [0.2, 0.25) is 0 Å². The van der Waals surface area contributed by atoms with Gasteiger partial charge in [0.2, 0.25) is 5.88 Å². The average Bonchev–Trinajstić information content (AvgIpc) is 3.54. The van der Waals surface area contributed by atoms with E-state index >= 15 is 0 Å². The summed E-state index contributed by atoms with van der Waals surface area (Å²) in [5.41, 5.74) is 4.87. The molecule has 8 heteroatoms. The van der Waals surface area contributed by atoms with Gasteiger partial charge >= 0.3 is 5.97 Å². The van der Waals surface area contributed by atoms with Crippen molar-refractivity contribution in [2.45, 2.75) is 51.2 Å². The number of rotatable bonds is 7. The zero-order valence-electron chi connectivity index (χ0n) is 21.0. The van der Waals surface area contributed by atoms with E-state index in [9.17, 15) is 15.2 Å². The van der Waals surface area contributed by atoms with Crippen molar-refractivity contribution < 1.29 is 14.6 Å². The molecule has 2 N–H and O–H groups in total. The molecule has 0 aliphatic heterocycles. The van der Waals surface area contributed by atoms with Crippen molar-refractivity contribution in [2.24, 2.45) is 11.8 Å². The van der Waals surface area contributed by atoms with Crippen LogP contribution in [0.25, 0.3) is 10.9 Å². The summed E-state index contributed by atoms with van der Waals surface area (Å²) in [6, 6.07) is 20.3. The van der Waals surface area contributed by atoms with Crippen LogP contribution in [-0.2, 0) is 24.2 Å². The van der Waals surface area contributed by atoms with Crippen molar-refractivity contribution in [3.63, 3.8) is 0 Å². The maximum atomic E-state index is 11.5. The molecule has 3 unspecified atom stereocenters. The molecule has 192 valence electrons. The van der Waals surface area contributed by atoms with Crippen molar-refractivity contribution in [1.82, 2.24) is 14.8 Å². The number of hydrogen-bond donors (Lipinski definition) is 2. The number of aliphatic carboxylic acids is 1. The second-order valence-corrected chi connectivity index (χ2v) is 10.2. The lowest BCUT2D eigenvalue weighted by Gasteiger charge is -2.27. The van der Waals surface area contributed by atoms with E-state index in [0.717, 1.165) is 59.0 Å². The van der Waals surface area contributed by atoms with Gasteiger partial charge in [-0.2, -0.15) is 10.4 Å². The Balaban J connectivity index is 1.39. The van der Waals surface area contributed by atoms with Crippen molar-refractivity contribution in [1.29, 1.82) is 5.26 Å². The van der Waals surface area contributed by atoms with E-state index in [1.165, 1.54) is 0 Å². The van der Waals surface area contributed by atoms with Crippen LogP contribution in [0.4, 0.5) is 11.5 Å². The summed E-state index contributed by atoms with van der Waals surface area (Å²) >= 11 is 0. The summed E-state index contributed by atoms with van der Waals surface area (Å²) in [4.78, 5) is 16.1. The highest BCUT2D eigenvalue weighted by molar-refractivity contribution is 5.96. The Labute approximate surface area is 220 Å². The summed E-state index contributed by atoms with van der Waals surface area (Å²) in [5, 5.41) is 28.6. The Morgan fingerprint density at radius 2 is 1.92 bits per heavy atom. The second kappa shape index (κ2) is 10.2. The van der Waals surface area contributed by atoms with Gasteiger partial charge in [0.1, 0.15) is 12.0 Å². The minimum Gasteiger partial charge on any atom is -0.481 e. The van der Waals surface area contributed by atoms with E-state index in [-0.39, 0.29) is 17.9 Å². The number of carbonyl (C=O) groups is 1. The van der Waals surface area contributed by atoms with Gasteiger partial charge in [0, 0.05) is 11.9 Å². The number of aromatic nitrogens is 3. The van der Waals surface area contributed by atoms with Gasteiger partial charge in [-0.1, -0.05) is 49.2 Å². The molecule has 2 aromatic carbocycles. The van der Waals surface area contributed by atoms with Crippen molar-refractivity contribution in [2.75, 3.05) is 5.32 Å². The Morgan fingerprint density at radius 3 is 2.74 bits per heavy atom. The van der Waals surface area contributed by atoms with Crippen LogP contribution in [0.15, 0.2) is 60.8 Å². The number of nitrogens with one attached hydrogen (secondary N) is 1. The summed E-state index contributed by atoms with van der Waals surface area (Å²) in [5.74, 6) is -0.139. The third-order valence-corrected chi connectivity index (χ3v) is 7.76.